The number of fused-ring (bicyclic) bond motifs is 1. The Bertz CT molecular complexity index is 1160. The van der Waals surface area contributed by atoms with Crippen molar-refractivity contribution in [3.63, 3.8) is 0 Å². The molecule has 158 valence electrons. The summed E-state index contributed by atoms with van der Waals surface area (Å²) in [4.78, 5) is 19.9. The first-order valence-electron chi connectivity index (χ1n) is 10.3. The Morgan fingerprint density at radius 3 is 2.58 bits per heavy atom. The number of hydrogen-bond donors (Lipinski definition) is 0. The molecule has 0 radical (unpaired) electrons. The normalized spacial score (nSPS) is 10.9. The molecular formula is C25H23ClN2O2S. The van der Waals surface area contributed by atoms with Crippen LogP contribution in [0, 0.1) is 0 Å². The van der Waals surface area contributed by atoms with E-state index in [9.17, 15) is 4.79 Å². The highest BCUT2D eigenvalue weighted by Crippen LogP contribution is 2.32. The molecule has 1 heterocycles. The average molecular weight is 451 g/mol. The van der Waals surface area contributed by atoms with Crippen LogP contribution in [0.2, 0.25) is 5.02 Å². The van der Waals surface area contributed by atoms with Crippen LogP contribution in [0.3, 0.4) is 0 Å². The number of unbranched alkanes of at least 4 members (excludes halogenated alkanes) is 1. The van der Waals surface area contributed by atoms with Gasteiger partial charge < -0.3 is 4.74 Å². The van der Waals surface area contributed by atoms with E-state index in [-0.39, 0.29) is 5.91 Å². The van der Waals surface area contributed by atoms with E-state index in [4.69, 9.17) is 21.3 Å². The van der Waals surface area contributed by atoms with Crippen molar-refractivity contribution < 1.29 is 9.53 Å². The Morgan fingerprint density at radius 1 is 1.06 bits per heavy atom. The summed E-state index contributed by atoms with van der Waals surface area (Å²) in [6, 6.07) is 22.8. The Morgan fingerprint density at radius 2 is 1.84 bits per heavy atom. The summed E-state index contributed by atoms with van der Waals surface area (Å²) >= 11 is 7.61. The number of thiazole rings is 1. The molecular weight excluding hydrogens is 428 g/mol. The molecule has 0 atom stereocenters. The number of aromatic nitrogens is 1. The summed E-state index contributed by atoms with van der Waals surface area (Å²) in [5, 5.41) is 1.30. The first kappa shape index (κ1) is 21.3. The molecule has 0 fully saturated rings. The van der Waals surface area contributed by atoms with Gasteiger partial charge in [-0.25, -0.2) is 4.98 Å². The second kappa shape index (κ2) is 9.94. The maximum absolute atomic E-state index is 13.5. The average Bonchev–Trinajstić information content (AvgIpc) is 3.21. The molecule has 1 aromatic heterocycles. The Labute approximate surface area is 191 Å². The highest BCUT2D eigenvalue weighted by atomic mass is 35.5. The van der Waals surface area contributed by atoms with E-state index >= 15 is 0 Å². The predicted octanol–water partition coefficient (Wildman–Crippen LogP) is 6.98. The third-order valence-electron chi connectivity index (χ3n) is 4.87. The molecule has 4 nitrogen and oxygen atoms in total. The number of anilines is 1. The smallest absolute Gasteiger partial charge is 0.260 e. The first-order valence-corrected chi connectivity index (χ1v) is 11.5. The van der Waals surface area contributed by atoms with Gasteiger partial charge in [0.15, 0.2) is 5.13 Å². The van der Waals surface area contributed by atoms with Crippen molar-refractivity contribution in [2.75, 3.05) is 11.5 Å². The van der Waals surface area contributed by atoms with Gasteiger partial charge in [0.25, 0.3) is 5.91 Å². The Hall–Kier alpha value is -2.89. The fourth-order valence-corrected chi connectivity index (χ4v) is 4.42. The molecule has 1 amide bonds. The zero-order chi connectivity index (χ0) is 21.6. The number of amides is 1. The van der Waals surface area contributed by atoms with Gasteiger partial charge in [-0.1, -0.05) is 66.6 Å². The lowest BCUT2D eigenvalue weighted by atomic mass is 10.1. The van der Waals surface area contributed by atoms with Crippen LogP contribution in [-0.4, -0.2) is 17.5 Å². The van der Waals surface area contributed by atoms with E-state index in [1.165, 1.54) is 11.3 Å². The van der Waals surface area contributed by atoms with Crippen LogP contribution < -0.4 is 9.64 Å². The van der Waals surface area contributed by atoms with Gasteiger partial charge in [0.1, 0.15) is 5.75 Å². The fraction of sp³-hybridized carbons (Fsp3) is 0.200. The highest BCUT2D eigenvalue weighted by molar-refractivity contribution is 7.22. The first-order chi connectivity index (χ1) is 15.1. The van der Waals surface area contributed by atoms with Crippen molar-refractivity contribution in [2.45, 2.75) is 26.3 Å². The van der Waals surface area contributed by atoms with E-state index in [0.717, 1.165) is 34.4 Å². The number of carbonyl (C=O) groups is 1. The van der Waals surface area contributed by atoms with Crippen molar-refractivity contribution in [1.29, 1.82) is 0 Å². The summed E-state index contributed by atoms with van der Waals surface area (Å²) in [6.45, 7) is 3.24. The van der Waals surface area contributed by atoms with Crippen molar-refractivity contribution in [2.24, 2.45) is 0 Å². The van der Waals surface area contributed by atoms with Crippen LogP contribution >= 0.6 is 22.9 Å². The minimum absolute atomic E-state index is 0.103. The van der Waals surface area contributed by atoms with E-state index in [2.05, 4.69) is 6.92 Å². The van der Waals surface area contributed by atoms with Gasteiger partial charge in [0, 0.05) is 10.6 Å². The molecule has 0 saturated heterocycles. The van der Waals surface area contributed by atoms with Gasteiger partial charge in [-0.05, 0) is 54.4 Å². The van der Waals surface area contributed by atoms with E-state index in [0.29, 0.717) is 28.9 Å². The second-order valence-corrected chi connectivity index (χ2v) is 8.66. The molecule has 0 aliphatic heterocycles. The molecule has 0 aliphatic carbocycles. The summed E-state index contributed by atoms with van der Waals surface area (Å²) in [6.07, 6.45) is 2.09. The van der Waals surface area contributed by atoms with Gasteiger partial charge in [-0.15, -0.1) is 0 Å². The molecule has 0 aliphatic rings. The molecule has 0 unspecified atom stereocenters. The van der Waals surface area contributed by atoms with Crippen molar-refractivity contribution >= 4 is 44.2 Å². The molecule has 3 aromatic carbocycles. The van der Waals surface area contributed by atoms with Crippen molar-refractivity contribution in [3.8, 4) is 5.75 Å². The van der Waals surface area contributed by atoms with Crippen molar-refractivity contribution in [3.05, 3.63) is 88.9 Å². The highest BCUT2D eigenvalue weighted by Gasteiger charge is 2.22. The minimum Gasteiger partial charge on any atom is -0.494 e. The molecule has 6 heteroatoms. The summed E-state index contributed by atoms with van der Waals surface area (Å²) in [7, 11) is 0. The standard InChI is InChI=1S/C25H23ClN2O2S/c1-2-3-15-30-21-12-9-19(10-13-21)24(29)28(17-18-7-5-4-6-8-18)25-27-22-14-11-20(26)16-23(22)31-25/h4-14,16H,2-3,15,17H2,1H3. The maximum Gasteiger partial charge on any atom is 0.260 e. The van der Waals surface area contributed by atoms with Crippen LogP contribution in [0.25, 0.3) is 10.2 Å². The monoisotopic (exact) mass is 450 g/mol. The zero-order valence-corrected chi connectivity index (χ0v) is 18.8. The van der Waals surface area contributed by atoms with Crippen LogP contribution in [0.1, 0.15) is 35.7 Å². The second-order valence-electron chi connectivity index (χ2n) is 7.21. The van der Waals surface area contributed by atoms with Crippen LogP contribution in [0.5, 0.6) is 5.75 Å². The van der Waals surface area contributed by atoms with Crippen LogP contribution in [-0.2, 0) is 6.54 Å². The number of nitrogens with zero attached hydrogens (tertiary/aromatic N) is 2. The van der Waals surface area contributed by atoms with E-state index < -0.39 is 0 Å². The molecule has 4 aromatic rings. The third kappa shape index (κ3) is 5.24. The van der Waals surface area contributed by atoms with E-state index in [1.807, 2.05) is 72.8 Å². The fourth-order valence-electron chi connectivity index (χ4n) is 3.18. The van der Waals surface area contributed by atoms with Gasteiger partial charge >= 0.3 is 0 Å². The molecule has 4 rings (SSSR count). The van der Waals surface area contributed by atoms with Gasteiger partial charge in [0.05, 0.1) is 23.4 Å². The number of ether oxygens (including phenoxy) is 1. The Kier molecular flexibility index (Phi) is 6.85. The molecule has 0 bridgehead atoms. The zero-order valence-electron chi connectivity index (χ0n) is 17.3. The van der Waals surface area contributed by atoms with Gasteiger partial charge in [-0.2, -0.15) is 0 Å². The summed E-state index contributed by atoms with van der Waals surface area (Å²) in [5.41, 5.74) is 2.46. The quantitative estimate of drug-likeness (QED) is 0.272. The summed E-state index contributed by atoms with van der Waals surface area (Å²) < 4.78 is 6.68. The van der Waals surface area contributed by atoms with Gasteiger partial charge in [0.2, 0.25) is 0 Å². The molecule has 0 saturated carbocycles. The third-order valence-corrected chi connectivity index (χ3v) is 6.14. The van der Waals surface area contributed by atoms with Crippen LogP contribution in [0.15, 0.2) is 72.8 Å². The number of benzene rings is 3. The number of carbonyl (C=O) groups excluding carboxylic acids is 1. The van der Waals surface area contributed by atoms with Crippen LogP contribution in [0.4, 0.5) is 5.13 Å². The van der Waals surface area contributed by atoms with Crippen molar-refractivity contribution in [1.82, 2.24) is 4.98 Å². The molecule has 31 heavy (non-hydrogen) atoms. The number of halogens is 1. The SMILES string of the molecule is CCCCOc1ccc(C(=O)N(Cc2ccccc2)c2nc3ccc(Cl)cc3s2)cc1. The molecule has 0 spiro atoms. The molecule has 0 N–H and O–H groups in total. The minimum atomic E-state index is -0.103. The lowest BCUT2D eigenvalue weighted by Gasteiger charge is -2.20. The lowest BCUT2D eigenvalue weighted by molar-refractivity contribution is 0.0985. The topological polar surface area (TPSA) is 42.4 Å². The number of hydrogen-bond acceptors (Lipinski definition) is 4. The summed E-state index contributed by atoms with van der Waals surface area (Å²) in [5.74, 6) is 0.670. The number of rotatable bonds is 8. The van der Waals surface area contributed by atoms with E-state index in [1.54, 1.807) is 4.90 Å². The lowest BCUT2D eigenvalue weighted by Crippen LogP contribution is -2.30. The van der Waals surface area contributed by atoms with Gasteiger partial charge in [-0.3, -0.25) is 9.69 Å². The maximum atomic E-state index is 13.5. The largest absolute Gasteiger partial charge is 0.494 e. The Balaban J connectivity index is 1.63. The predicted molar refractivity (Wildman–Crippen MR) is 128 cm³/mol.